The van der Waals surface area contributed by atoms with Crippen molar-refractivity contribution in [2.45, 2.75) is 91.6 Å². The monoisotopic (exact) mass is 447 g/mol. The minimum absolute atomic E-state index is 0.000621. The van der Waals surface area contributed by atoms with Gasteiger partial charge in [0.05, 0.1) is 23.5 Å². The normalized spacial score (nSPS) is 25.1. The fraction of sp³-hybridized carbons (Fsp3) is 0.833. The number of carbonyl (C=O) groups excluding carboxylic acids is 2. The van der Waals surface area contributed by atoms with Crippen LogP contribution in [0.15, 0.2) is 0 Å². The van der Waals surface area contributed by atoms with E-state index in [-0.39, 0.29) is 17.0 Å². The summed E-state index contributed by atoms with van der Waals surface area (Å²) >= 11 is 0. The van der Waals surface area contributed by atoms with E-state index in [1.54, 1.807) is 0 Å². The molecule has 1 heterocycles. The van der Waals surface area contributed by atoms with E-state index in [0.29, 0.717) is 49.7 Å². The molecule has 2 aliphatic rings. The van der Waals surface area contributed by atoms with Crippen LogP contribution >= 0.6 is 0 Å². The Morgan fingerprint density at radius 2 is 1.84 bits per heavy atom. The van der Waals surface area contributed by atoms with Crippen molar-refractivity contribution in [3.8, 4) is 0 Å². The van der Waals surface area contributed by atoms with Crippen molar-refractivity contribution in [1.29, 1.82) is 0 Å². The molecule has 1 fully saturated rings. The summed E-state index contributed by atoms with van der Waals surface area (Å²) in [4.78, 5) is 24.0. The van der Waals surface area contributed by atoms with Crippen LogP contribution in [0.1, 0.15) is 79.1 Å². The molecular weight excluding hydrogens is 406 g/mol. The molecule has 2 N–H and O–H groups in total. The maximum Gasteiger partial charge on any atom is 0.407 e. The summed E-state index contributed by atoms with van der Waals surface area (Å²) in [6.07, 6.45) is 3.65. The van der Waals surface area contributed by atoms with Crippen molar-refractivity contribution in [3.63, 3.8) is 0 Å². The Kier molecular flexibility index (Phi) is 7.20. The van der Waals surface area contributed by atoms with Crippen molar-refractivity contribution < 1.29 is 14.3 Å². The van der Waals surface area contributed by atoms with E-state index in [9.17, 15) is 9.59 Å². The molecule has 0 spiro atoms. The summed E-state index contributed by atoms with van der Waals surface area (Å²) in [5.41, 5.74) is 2.05. The van der Waals surface area contributed by atoms with E-state index in [4.69, 9.17) is 4.74 Å². The second kappa shape index (κ2) is 9.40. The van der Waals surface area contributed by atoms with Crippen LogP contribution in [0.5, 0.6) is 0 Å². The first-order valence-corrected chi connectivity index (χ1v) is 12.0. The van der Waals surface area contributed by atoms with Gasteiger partial charge in [-0.3, -0.25) is 4.79 Å². The zero-order valence-corrected chi connectivity index (χ0v) is 20.8. The SMILES string of the molecule is CC1Cc2nnn(C(C)(C)C)c2C[C@@H]2[C@H](COC(=O)NCCCC(=O)NC(C)(C)C)[C@@H]2C1. The lowest BCUT2D eigenvalue weighted by molar-refractivity contribution is -0.122. The zero-order valence-electron chi connectivity index (χ0n) is 20.8. The zero-order chi connectivity index (χ0) is 23.7. The number of nitrogens with zero attached hydrogens (tertiary/aromatic N) is 3. The second-order valence-electron chi connectivity index (χ2n) is 11.7. The first-order chi connectivity index (χ1) is 14.8. The molecule has 0 radical (unpaired) electrons. The van der Waals surface area contributed by atoms with Gasteiger partial charge in [-0.15, -0.1) is 5.10 Å². The average Bonchev–Trinajstić information content (AvgIpc) is 3.07. The summed E-state index contributed by atoms with van der Waals surface area (Å²) < 4.78 is 7.62. The molecule has 1 saturated carbocycles. The highest BCUT2D eigenvalue weighted by molar-refractivity contribution is 5.76. The molecule has 0 saturated heterocycles. The van der Waals surface area contributed by atoms with E-state index in [2.05, 4.69) is 53.3 Å². The number of rotatable bonds is 6. The molecule has 4 atom stereocenters. The Hall–Kier alpha value is -2.12. The lowest BCUT2D eigenvalue weighted by Crippen LogP contribution is -2.40. The topological polar surface area (TPSA) is 98.1 Å². The molecule has 8 heteroatoms. The van der Waals surface area contributed by atoms with Crippen LogP contribution < -0.4 is 10.6 Å². The van der Waals surface area contributed by atoms with Gasteiger partial charge in [0.15, 0.2) is 0 Å². The maximum atomic E-state index is 12.1. The molecule has 32 heavy (non-hydrogen) atoms. The van der Waals surface area contributed by atoms with E-state index in [0.717, 1.165) is 25.0 Å². The van der Waals surface area contributed by atoms with Crippen molar-refractivity contribution in [1.82, 2.24) is 25.6 Å². The lowest BCUT2D eigenvalue weighted by Gasteiger charge is -2.23. The number of fused-ring (bicyclic) bond motifs is 2. The highest BCUT2D eigenvalue weighted by Gasteiger charge is 2.52. The smallest absolute Gasteiger partial charge is 0.407 e. The van der Waals surface area contributed by atoms with Crippen LogP contribution in [0, 0.1) is 23.7 Å². The van der Waals surface area contributed by atoms with E-state index in [1.807, 2.05) is 20.8 Å². The molecule has 1 unspecified atom stereocenters. The van der Waals surface area contributed by atoms with Gasteiger partial charge in [-0.2, -0.15) is 0 Å². The summed E-state index contributed by atoms with van der Waals surface area (Å²) in [6.45, 7) is 15.5. The number of aromatic nitrogens is 3. The number of amides is 2. The summed E-state index contributed by atoms with van der Waals surface area (Å²) in [5, 5.41) is 14.6. The number of ether oxygens (including phenoxy) is 1. The highest BCUT2D eigenvalue weighted by atomic mass is 16.5. The predicted octanol–water partition coefficient (Wildman–Crippen LogP) is 3.44. The van der Waals surface area contributed by atoms with Crippen molar-refractivity contribution in [2.75, 3.05) is 13.2 Å². The fourth-order valence-electron chi connectivity index (χ4n) is 4.90. The maximum absolute atomic E-state index is 12.1. The molecule has 1 aromatic heterocycles. The first kappa shape index (κ1) is 24.5. The standard InChI is InChI=1S/C24H41N5O3/c1-15-11-16-17(13-20-19(12-15)27-28-29(20)24(5,6)7)18(16)14-32-22(31)25-10-8-9-21(30)26-23(2,3)4/h15-18H,8-14H2,1-7H3,(H,25,31)(H,26,30)/t15?,16-,17+,18-/m1/s1. The molecule has 1 aromatic rings. The molecule has 8 nitrogen and oxygen atoms in total. The van der Waals surface area contributed by atoms with Gasteiger partial charge in [0.25, 0.3) is 0 Å². The van der Waals surface area contributed by atoms with Gasteiger partial charge in [-0.1, -0.05) is 12.1 Å². The van der Waals surface area contributed by atoms with Crippen LogP contribution in [0.2, 0.25) is 0 Å². The van der Waals surface area contributed by atoms with Crippen LogP contribution in [-0.4, -0.2) is 45.7 Å². The average molecular weight is 448 g/mol. The fourth-order valence-corrected chi connectivity index (χ4v) is 4.90. The number of hydrogen-bond donors (Lipinski definition) is 2. The van der Waals surface area contributed by atoms with Gasteiger partial charge >= 0.3 is 6.09 Å². The summed E-state index contributed by atoms with van der Waals surface area (Å²) in [6, 6.07) is 0. The molecule has 0 aliphatic heterocycles. The Morgan fingerprint density at radius 3 is 2.50 bits per heavy atom. The molecule has 180 valence electrons. The minimum atomic E-state index is -0.393. The largest absolute Gasteiger partial charge is 0.449 e. The number of hydrogen-bond acceptors (Lipinski definition) is 5. The molecule has 0 aromatic carbocycles. The van der Waals surface area contributed by atoms with E-state index < -0.39 is 6.09 Å². The number of nitrogens with one attached hydrogen (secondary N) is 2. The predicted molar refractivity (Wildman–Crippen MR) is 123 cm³/mol. The van der Waals surface area contributed by atoms with Gasteiger partial charge in [0.1, 0.15) is 0 Å². The highest BCUT2D eigenvalue weighted by Crippen LogP contribution is 2.53. The van der Waals surface area contributed by atoms with Gasteiger partial charge in [-0.05, 0) is 90.9 Å². The third-order valence-electron chi connectivity index (χ3n) is 6.40. The summed E-state index contributed by atoms with van der Waals surface area (Å²) in [7, 11) is 0. The Morgan fingerprint density at radius 1 is 1.12 bits per heavy atom. The second-order valence-corrected chi connectivity index (χ2v) is 11.7. The van der Waals surface area contributed by atoms with Gasteiger partial charge in [-0.25, -0.2) is 9.48 Å². The molecular formula is C24H41N5O3. The van der Waals surface area contributed by atoms with Crippen molar-refractivity contribution in [2.24, 2.45) is 23.7 Å². The number of alkyl carbamates (subject to hydrolysis) is 1. The molecule has 3 rings (SSSR count). The Bertz CT molecular complexity index is 821. The van der Waals surface area contributed by atoms with Crippen LogP contribution in [-0.2, 0) is 27.9 Å². The molecule has 0 bridgehead atoms. The van der Waals surface area contributed by atoms with E-state index >= 15 is 0 Å². The van der Waals surface area contributed by atoms with Gasteiger partial charge in [0, 0.05) is 18.5 Å². The van der Waals surface area contributed by atoms with Crippen molar-refractivity contribution in [3.05, 3.63) is 11.4 Å². The van der Waals surface area contributed by atoms with Gasteiger partial charge in [0.2, 0.25) is 5.91 Å². The van der Waals surface area contributed by atoms with Crippen LogP contribution in [0.3, 0.4) is 0 Å². The number of carbonyl (C=O) groups is 2. The Labute approximate surface area is 192 Å². The third kappa shape index (κ3) is 6.45. The third-order valence-corrected chi connectivity index (χ3v) is 6.40. The molecule has 2 aliphatic carbocycles. The van der Waals surface area contributed by atoms with Crippen molar-refractivity contribution >= 4 is 12.0 Å². The van der Waals surface area contributed by atoms with Gasteiger partial charge < -0.3 is 15.4 Å². The lowest BCUT2D eigenvalue weighted by atomic mass is 9.92. The van der Waals surface area contributed by atoms with Crippen LogP contribution in [0.4, 0.5) is 4.79 Å². The van der Waals surface area contributed by atoms with Crippen LogP contribution in [0.25, 0.3) is 0 Å². The Balaban J connectivity index is 1.45. The summed E-state index contributed by atoms with van der Waals surface area (Å²) in [5.74, 6) is 2.06. The minimum Gasteiger partial charge on any atom is -0.449 e. The van der Waals surface area contributed by atoms with E-state index in [1.165, 1.54) is 5.69 Å². The molecule has 2 amide bonds. The first-order valence-electron chi connectivity index (χ1n) is 12.0. The quantitative estimate of drug-likeness (QED) is 0.651.